The lowest BCUT2D eigenvalue weighted by molar-refractivity contribution is 0.0953. The fourth-order valence-electron chi connectivity index (χ4n) is 2.71. The van der Waals surface area contributed by atoms with E-state index < -0.39 is 9.05 Å². The number of carbonyl (C=O) groups excluding carboxylic acids is 1. The van der Waals surface area contributed by atoms with Crippen molar-refractivity contribution < 1.29 is 32.2 Å². The summed E-state index contributed by atoms with van der Waals surface area (Å²) < 4.78 is 44.5. The van der Waals surface area contributed by atoms with Crippen LogP contribution in [0.15, 0.2) is 35.2 Å². The lowest BCUT2D eigenvalue weighted by Crippen LogP contribution is -2.26. The molecule has 0 radical (unpaired) electrons. The molecule has 0 aliphatic carbocycles. The van der Waals surface area contributed by atoms with Gasteiger partial charge in [-0.15, -0.1) is 0 Å². The van der Waals surface area contributed by atoms with Gasteiger partial charge in [0.25, 0.3) is 15.0 Å². The normalized spacial score (nSPS) is 10.9. The van der Waals surface area contributed by atoms with Gasteiger partial charge in [0.15, 0.2) is 23.0 Å². The highest BCUT2D eigenvalue weighted by molar-refractivity contribution is 8.13. The number of ether oxygens (including phenoxy) is 4. The Morgan fingerprint density at radius 1 is 0.897 bits per heavy atom. The Balaban J connectivity index is 2.18. The summed E-state index contributed by atoms with van der Waals surface area (Å²) in [6.45, 7) is 0.169. The largest absolute Gasteiger partial charge is 0.493 e. The summed E-state index contributed by atoms with van der Waals surface area (Å²) in [5.74, 6) is 1.19. The fourth-order valence-corrected chi connectivity index (χ4v) is 3.87. The number of hydrogen-bond donors (Lipinski definition) is 1. The van der Waals surface area contributed by atoms with E-state index in [0.717, 1.165) is 0 Å². The number of methoxy groups -OCH3 is 4. The molecule has 0 saturated heterocycles. The molecule has 0 bridgehead atoms. The highest BCUT2D eigenvalue weighted by Gasteiger charge is 2.20. The number of carbonyl (C=O) groups is 1. The van der Waals surface area contributed by atoms with Crippen molar-refractivity contribution in [2.45, 2.75) is 11.3 Å². The molecule has 10 heteroatoms. The Labute approximate surface area is 174 Å². The number of hydrogen-bond acceptors (Lipinski definition) is 7. The molecule has 1 N–H and O–H groups in total. The minimum Gasteiger partial charge on any atom is -0.493 e. The quantitative estimate of drug-likeness (QED) is 0.594. The molecule has 2 rings (SSSR count). The van der Waals surface area contributed by atoms with Crippen molar-refractivity contribution in [3.63, 3.8) is 0 Å². The van der Waals surface area contributed by atoms with Gasteiger partial charge in [-0.3, -0.25) is 4.79 Å². The van der Waals surface area contributed by atoms with Gasteiger partial charge in [0.05, 0.1) is 33.3 Å². The van der Waals surface area contributed by atoms with Crippen molar-refractivity contribution in [3.05, 3.63) is 41.5 Å². The van der Waals surface area contributed by atoms with Crippen LogP contribution in [0.5, 0.6) is 23.0 Å². The van der Waals surface area contributed by atoms with Crippen molar-refractivity contribution in [1.29, 1.82) is 0 Å². The topological polar surface area (TPSA) is 100 Å². The minimum absolute atomic E-state index is 0.0998. The van der Waals surface area contributed by atoms with E-state index in [1.807, 2.05) is 0 Å². The summed E-state index contributed by atoms with van der Waals surface area (Å²) in [6, 6.07) is 7.60. The van der Waals surface area contributed by atoms with Crippen molar-refractivity contribution in [3.8, 4) is 23.0 Å². The second-order valence-electron chi connectivity index (χ2n) is 5.83. The fraction of sp³-hybridized carbons (Fsp3) is 0.316. The highest BCUT2D eigenvalue weighted by Crippen LogP contribution is 2.34. The molecular weight excluding hydrogens is 422 g/mol. The number of rotatable bonds is 9. The third-order valence-corrected chi connectivity index (χ3v) is 5.56. The van der Waals surface area contributed by atoms with Gasteiger partial charge in [0.1, 0.15) is 0 Å². The third-order valence-electron chi connectivity index (χ3n) is 4.15. The van der Waals surface area contributed by atoms with Crippen LogP contribution in [0.1, 0.15) is 15.9 Å². The zero-order valence-corrected chi connectivity index (χ0v) is 18.0. The van der Waals surface area contributed by atoms with Gasteiger partial charge in [-0.1, -0.05) is 0 Å². The molecule has 0 heterocycles. The Morgan fingerprint density at radius 3 is 2.00 bits per heavy atom. The van der Waals surface area contributed by atoms with Crippen molar-refractivity contribution in [1.82, 2.24) is 5.32 Å². The van der Waals surface area contributed by atoms with Gasteiger partial charge in [0.2, 0.25) is 0 Å². The maximum Gasteiger partial charge on any atom is 0.261 e. The summed E-state index contributed by atoms with van der Waals surface area (Å²) in [7, 11) is 7.35. The molecule has 29 heavy (non-hydrogen) atoms. The van der Waals surface area contributed by atoms with Crippen LogP contribution >= 0.6 is 10.7 Å². The third kappa shape index (κ3) is 5.45. The summed E-state index contributed by atoms with van der Waals surface area (Å²) in [5.41, 5.74) is 0.769. The van der Waals surface area contributed by atoms with Gasteiger partial charge >= 0.3 is 0 Å². The Bertz CT molecular complexity index is 992. The zero-order chi connectivity index (χ0) is 21.6. The first kappa shape index (κ1) is 22.6. The van der Waals surface area contributed by atoms with E-state index in [9.17, 15) is 13.2 Å². The smallest absolute Gasteiger partial charge is 0.261 e. The lowest BCUT2D eigenvalue weighted by atomic mass is 10.1. The van der Waals surface area contributed by atoms with Gasteiger partial charge in [-0.2, -0.15) is 0 Å². The molecule has 0 aromatic heterocycles. The average Bonchev–Trinajstić information content (AvgIpc) is 2.71. The first-order valence-corrected chi connectivity index (χ1v) is 10.8. The molecule has 0 aliphatic rings. The molecule has 0 unspecified atom stereocenters. The summed E-state index contributed by atoms with van der Waals surface area (Å²) in [6.07, 6.45) is 0.209. The minimum atomic E-state index is -4.02. The van der Waals surface area contributed by atoms with Crippen LogP contribution in [-0.2, 0) is 15.5 Å². The zero-order valence-electron chi connectivity index (χ0n) is 16.4. The SMILES string of the molecule is COc1ccc(C(=O)NCCc2cc(OC)c(OC)cc2S(=O)(=O)Cl)cc1OC. The maximum absolute atomic E-state index is 12.4. The molecule has 2 aromatic rings. The summed E-state index contributed by atoms with van der Waals surface area (Å²) >= 11 is 0. The molecule has 8 nitrogen and oxygen atoms in total. The highest BCUT2D eigenvalue weighted by atomic mass is 35.7. The lowest BCUT2D eigenvalue weighted by Gasteiger charge is -2.14. The van der Waals surface area contributed by atoms with Gasteiger partial charge in [-0.05, 0) is 36.2 Å². The van der Waals surface area contributed by atoms with Gasteiger partial charge in [0, 0.05) is 28.9 Å². The Kier molecular flexibility index (Phi) is 7.58. The number of nitrogens with one attached hydrogen (secondary N) is 1. The van der Waals surface area contributed by atoms with E-state index in [4.69, 9.17) is 29.6 Å². The summed E-state index contributed by atoms with van der Waals surface area (Å²) in [4.78, 5) is 12.3. The van der Waals surface area contributed by atoms with Gasteiger partial charge in [-0.25, -0.2) is 8.42 Å². The molecule has 2 aromatic carbocycles. The number of benzene rings is 2. The van der Waals surface area contributed by atoms with Gasteiger partial charge < -0.3 is 24.3 Å². The van der Waals surface area contributed by atoms with Crippen molar-refractivity contribution in [2.24, 2.45) is 0 Å². The monoisotopic (exact) mass is 443 g/mol. The second kappa shape index (κ2) is 9.71. The van der Waals surface area contributed by atoms with Crippen LogP contribution < -0.4 is 24.3 Å². The first-order valence-electron chi connectivity index (χ1n) is 8.45. The standard InChI is InChI=1S/C19H22ClNO7S/c1-25-14-6-5-13(10-15(14)26-2)19(22)21-8-7-12-9-16(27-3)17(28-4)11-18(12)29(20,23)24/h5-6,9-11H,7-8H2,1-4H3,(H,21,22). The van der Waals surface area contributed by atoms with E-state index in [1.54, 1.807) is 18.2 Å². The average molecular weight is 444 g/mol. The van der Waals surface area contributed by atoms with E-state index in [1.165, 1.54) is 40.6 Å². The maximum atomic E-state index is 12.4. The van der Waals surface area contributed by atoms with Crippen molar-refractivity contribution in [2.75, 3.05) is 35.0 Å². The second-order valence-corrected chi connectivity index (χ2v) is 8.36. The van der Waals surface area contributed by atoms with Crippen molar-refractivity contribution >= 4 is 25.6 Å². The molecular formula is C19H22ClNO7S. The van der Waals surface area contributed by atoms with Crippen LogP contribution in [0, 0.1) is 0 Å². The first-order chi connectivity index (χ1) is 13.7. The Hall–Kier alpha value is -2.65. The number of amides is 1. The molecule has 158 valence electrons. The molecule has 0 saturated carbocycles. The van der Waals surface area contributed by atoms with Crippen LogP contribution in [-0.4, -0.2) is 49.3 Å². The van der Waals surface area contributed by atoms with E-state index in [-0.39, 0.29) is 29.5 Å². The van der Waals surface area contributed by atoms with Crippen LogP contribution in [0.2, 0.25) is 0 Å². The molecule has 0 fully saturated rings. The molecule has 1 amide bonds. The van der Waals surface area contributed by atoms with Crippen LogP contribution in [0.25, 0.3) is 0 Å². The number of halogens is 1. The molecule has 0 atom stereocenters. The van der Waals surface area contributed by atoms with Crippen LogP contribution in [0.3, 0.4) is 0 Å². The predicted molar refractivity (Wildman–Crippen MR) is 108 cm³/mol. The Morgan fingerprint density at radius 2 is 1.45 bits per heavy atom. The molecule has 0 spiro atoms. The van der Waals surface area contributed by atoms with E-state index in [0.29, 0.717) is 28.4 Å². The predicted octanol–water partition coefficient (Wildman–Crippen LogP) is 2.62. The van der Waals surface area contributed by atoms with E-state index >= 15 is 0 Å². The van der Waals surface area contributed by atoms with Crippen LogP contribution in [0.4, 0.5) is 0 Å². The molecule has 0 aliphatic heterocycles. The summed E-state index contributed by atoms with van der Waals surface area (Å²) in [5, 5.41) is 2.74. The van der Waals surface area contributed by atoms with E-state index in [2.05, 4.69) is 5.32 Å².